The lowest BCUT2D eigenvalue weighted by Gasteiger charge is -2.11. The number of fused-ring (bicyclic) bond motifs is 1. The second-order valence-corrected chi connectivity index (χ2v) is 4.64. The molecule has 0 bridgehead atoms. The highest BCUT2D eigenvalue weighted by Crippen LogP contribution is 2.31. The van der Waals surface area contributed by atoms with E-state index in [-0.39, 0.29) is 5.96 Å². The highest BCUT2D eigenvalue weighted by atomic mass is 15.2. The number of nitrogens with one attached hydrogen (secondary N) is 2. The first kappa shape index (κ1) is 13.5. The Hall–Kier alpha value is -3.46. The van der Waals surface area contributed by atoms with Crippen molar-refractivity contribution in [3.8, 4) is 17.3 Å². The van der Waals surface area contributed by atoms with Gasteiger partial charge < -0.3 is 11.1 Å². The smallest absolute Gasteiger partial charge is 0.191 e. The van der Waals surface area contributed by atoms with Gasteiger partial charge in [0.1, 0.15) is 5.69 Å². The Labute approximate surface area is 126 Å². The molecule has 0 atom stereocenters. The Balaban J connectivity index is 2.35. The number of benzene rings is 2. The van der Waals surface area contributed by atoms with Gasteiger partial charge in [-0.25, -0.2) is 0 Å². The molecule has 4 N–H and O–H groups in total. The van der Waals surface area contributed by atoms with E-state index < -0.39 is 0 Å². The van der Waals surface area contributed by atoms with Crippen LogP contribution in [0.2, 0.25) is 0 Å². The zero-order chi connectivity index (χ0) is 15.5. The highest BCUT2D eigenvalue weighted by Gasteiger charge is 2.14. The molecule has 3 aromatic rings. The monoisotopic (exact) mass is 288 g/mol. The highest BCUT2D eigenvalue weighted by molar-refractivity contribution is 6.06. The van der Waals surface area contributed by atoms with Gasteiger partial charge in [-0.15, -0.1) is 10.2 Å². The van der Waals surface area contributed by atoms with Crippen LogP contribution < -0.4 is 11.1 Å². The Morgan fingerprint density at radius 3 is 2.55 bits per heavy atom. The maximum absolute atomic E-state index is 9.34. The lowest BCUT2D eigenvalue weighted by molar-refractivity contribution is 1.06. The molecule has 0 saturated carbocycles. The summed E-state index contributed by atoms with van der Waals surface area (Å²) in [6.45, 7) is 0. The van der Waals surface area contributed by atoms with Gasteiger partial charge in [0, 0.05) is 16.3 Å². The molecular formula is C16H12N6. The van der Waals surface area contributed by atoms with E-state index in [1.54, 1.807) is 12.1 Å². The average Bonchev–Trinajstić information content (AvgIpc) is 2.54. The molecule has 106 valence electrons. The summed E-state index contributed by atoms with van der Waals surface area (Å²) < 4.78 is 0. The van der Waals surface area contributed by atoms with E-state index in [9.17, 15) is 5.26 Å². The van der Waals surface area contributed by atoms with Crippen LogP contribution in [0.4, 0.5) is 5.82 Å². The van der Waals surface area contributed by atoms with E-state index in [0.29, 0.717) is 22.5 Å². The summed E-state index contributed by atoms with van der Waals surface area (Å²) in [7, 11) is 0. The summed E-state index contributed by atoms with van der Waals surface area (Å²) in [5.41, 5.74) is 7.42. The van der Waals surface area contributed by atoms with Gasteiger partial charge >= 0.3 is 0 Å². The van der Waals surface area contributed by atoms with Crippen LogP contribution >= 0.6 is 0 Å². The third kappa shape index (κ3) is 2.31. The fourth-order valence-electron chi connectivity index (χ4n) is 2.33. The van der Waals surface area contributed by atoms with Crippen molar-refractivity contribution in [1.29, 1.82) is 10.7 Å². The van der Waals surface area contributed by atoms with Crippen LogP contribution in [-0.2, 0) is 0 Å². The zero-order valence-corrected chi connectivity index (χ0v) is 11.5. The molecule has 0 amide bonds. The molecule has 1 heterocycles. The maximum atomic E-state index is 9.34. The lowest BCUT2D eigenvalue weighted by atomic mass is 10.0. The summed E-state index contributed by atoms with van der Waals surface area (Å²) in [6.07, 6.45) is 0. The minimum atomic E-state index is -0.254. The van der Waals surface area contributed by atoms with E-state index in [2.05, 4.69) is 21.6 Å². The molecule has 3 rings (SSSR count). The quantitative estimate of drug-likeness (QED) is 0.495. The Kier molecular flexibility index (Phi) is 3.38. The molecule has 0 saturated heterocycles. The molecule has 0 radical (unpaired) electrons. The normalized spacial score (nSPS) is 10.1. The van der Waals surface area contributed by atoms with E-state index in [1.165, 1.54) is 0 Å². The average molecular weight is 288 g/mol. The van der Waals surface area contributed by atoms with E-state index >= 15 is 0 Å². The van der Waals surface area contributed by atoms with Crippen LogP contribution in [0, 0.1) is 16.7 Å². The third-order valence-corrected chi connectivity index (χ3v) is 3.23. The molecule has 2 aromatic carbocycles. The first-order chi connectivity index (χ1) is 10.7. The summed E-state index contributed by atoms with van der Waals surface area (Å²) in [5, 5.41) is 29.1. The van der Waals surface area contributed by atoms with E-state index in [0.717, 1.165) is 10.9 Å². The second kappa shape index (κ2) is 5.50. The predicted molar refractivity (Wildman–Crippen MR) is 85.2 cm³/mol. The molecule has 0 fully saturated rings. The SMILES string of the molecule is N#Cc1cccc2c(-c3ccccc3)nnc(NC(=N)N)c12. The first-order valence-electron chi connectivity index (χ1n) is 6.56. The molecule has 0 unspecified atom stereocenters. The Bertz CT molecular complexity index is 896. The first-order valence-corrected chi connectivity index (χ1v) is 6.56. The third-order valence-electron chi connectivity index (χ3n) is 3.23. The number of nitriles is 1. The molecule has 0 spiro atoms. The molecule has 22 heavy (non-hydrogen) atoms. The number of rotatable bonds is 2. The van der Waals surface area contributed by atoms with Gasteiger partial charge in [0.2, 0.25) is 0 Å². The summed E-state index contributed by atoms with van der Waals surface area (Å²) in [4.78, 5) is 0. The number of nitrogens with zero attached hydrogens (tertiary/aromatic N) is 3. The van der Waals surface area contributed by atoms with Gasteiger partial charge in [-0.05, 0) is 6.07 Å². The second-order valence-electron chi connectivity index (χ2n) is 4.64. The van der Waals surface area contributed by atoms with Gasteiger partial charge in [-0.1, -0.05) is 42.5 Å². The van der Waals surface area contributed by atoms with Crippen LogP contribution in [0.5, 0.6) is 0 Å². The number of hydrogen-bond donors (Lipinski definition) is 3. The van der Waals surface area contributed by atoms with Crippen LogP contribution in [0.25, 0.3) is 22.0 Å². The van der Waals surface area contributed by atoms with Crippen molar-refractivity contribution in [2.45, 2.75) is 0 Å². The maximum Gasteiger partial charge on any atom is 0.191 e. The minimum Gasteiger partial charge on any atom is -0.370 e. The molecule has 0 aliphatic carbocycles. The minimum absolute atomic E-state index is 0.254. The number of hydrogen-bond acceptors (Lipinski definition) is 4. The molecular weight excluding hydrogens is 276 g/mol. The Morgan fingerprint density at radius 1 is 1.09 bits per heavy atom. The lowest BCUT2D eigenvalue weighted by Crippen LogP contribution is -2.21. The van der Waals surface area contributed by atoms with Crippen LogP contribution in [0.15, 0.2) is 48.5 Å². The van der Waals surface area contributed by atoms with Crippen molar-refractivity contribution in [3.05, 3.63) is 54.1 Å². The standard InChI is InChI=1S/C16H12N6/c17-9-11-7-4-8-12-13(11)15(20-16(18)19)22-21-14(12)10-5-2-1-3-6-10/h1-8H,(H4,18,19,20,22). The van der Waals surface area contributed by atoms with Crippen LogP contribution in [0.1, 0.15) is 5.56 Å². The summed E-state index contributed by atoms with van der Waals surface area (Å²) in [6, 6.07) is 17.1. The molecule has 0 aliphatic rings. The van der Waals surface area contributed by atoms with E-state index in [1.807, 2.05) is 36.4 Å². The van der Waals surface area contributed by atoms with Crippen LogP contribution in [-0.4, -0.2) is 16.2 Å². The zero-order valence-electron chi connectivity index (χ0n) is 11.5. The summed E-state index contributed by atoms with van der Waals surface area (Å²) >= 11 is 0. The fourth-order valence-corrected chi connectivity index (χ4v) is 2.33. The topological polar surface area (TPSA) is 111 Å². The number of anilines is 1. The number of nitrogens with two attached hydrogens (primary N) is 1. The van der Waals surface area contributed by atoms with Gasteiger partial charge in [0.15, 0.2) is 11.8 Å². The molecule has 1 aromatic heterocycles. The fraction of sp³-hybridized carbons (Fsp3) is 0. The van der Waals surface area contributed by atoms with Crippen molar-refractivity contribution >= 4 is 22.5 Å². The van der Waals surface area contributed by atoms with Gasteiger partial charge in [0.25, 0.3) is 0 Å². The largest absolute Gasteiger partial charge is 0.370 e. The van der Waals surface area contributed by atoms with E-state index in [4.69, 9.17) is 11.1 Å². The van der Waals surface area contributed by atoms with Crippen molar-refractivity contribution < 1.29 is 0 Å². The van der Waals surface area contributed by atoms with Crippen LogP contribution in [0.3, 0.4) is 0 Å². The number of aromatic nitrogens is 2. The summed E-state index contributed by atoms with van der Waals surface area (Å²) in [5.74, 6) is 0.0511. The van der Waals surface area contributed by atoms with Crippen molar-refractivity contribution in [3.63, 3.8) is 0 Å². The van der Waals surface area contributed by atoms with Crippen molar-refractivity contribution in [2.75, 3.05) is 5.32 Å². The van der Waals surface area contributed by atoms with Gasteiger partial charge in [-0.3, -0.25) is 5.41 Å². The molecule has 0 aliphatic heterocycles. The Morgan fingerprint density at radius 2 is 1.86 bits per heavy atom. The molecule has 6 heteroatoms. The van der Waals surface area contributed by atoms with Gasteiger partial charge in [0.05, 0.1) is 11.6 Å². The van der Waals surface area contributed by atoms with Crippen molar-refractivity contribution in [1.82, 2.24) is 10.2 Å². The van der Waals surface area contributed by atoms with Crippen molar-refractivity contribution in [2.24, 2.45) is 5.73 Å². The predicted octanol–water partition coefficient (Wildman–Crippen LogP) is 2.47. The number of guanidine groups is 1. The van der Waals surface area contributed by atoms with Gasteiger partial charge in [-0.2, -0.15) is 5.26 Å². The molecule has 6 nitrogen and oxygen atoms in total.